The van der Waals surface area contributed by atoms with E-state index in [0.717, 1.165) is 11.8 Å². The molecule has 0 spiro atoms. The van der Waals surface area contributed by atoms with Gasteiger partial charge in [-0.2, -0.15) is 24.9 Å². The van der Waals surface area contributed by atoms with Gasteiger partial charge in [-0.25, -0.2) is 0 Å². The van der Waals surface area contributed by atoms with Gasteiger partial charge in [0.1, 0.15) is 5.75 Å². The molecule has 0 heterocycles. The molecule has 19 heavy (non-hydrogen) atoms. The number of alkyl halides is 3. The Morgan fingerprint density at radius 3 is 2.63 bits per heavy atom. The third kappa shape index (κ3) is 5.32. The maximum absolute atomic E-state index is 12.9. The fourth-order valence-electron chi connectivity index (χ4n) is 1.60. The van der Waals surface area contributed by atoms with E-state index in [4.69, 9.17) is 10.5 Å². The highest BCUT2D eigenvalue weighted by atomic mass is 32.2. The third-order valence-electron chi connectivity index (χ3n) is 2.47. The van der Waals surface area contributed by atoms with Crippen LogP contribution in [0.25, 0.3) is 0 Å². The van der Waals surface area contributed by atoms with E-state index >= 15 is 0 Å². The number of halogens is 3. The highest BCUT2D eigenvalue weighted by molar-refractivity contribution is 7.99. The second-order valence-corrected chi connectivity index (χ2v) is 5.31. The molecule has 0 aliphatic rings. The van der Waals surface area contributed by atoms with Gasteiger partial charge in [0.25, 0.3) is 0 Å². The molecule has 0 bridgehead atoms. The first-order valence-electron chi connectivity index (χ1n) is 6.09. The summed E-state index contributed by atoms with van der Waals surface area (Å²) in [6, 6.07) is 4.13. The summed E-state index contributed by atoms with van der Waals surface area (Å²) in [7, 11) is 0. The Morgan fingerprint density at radius 2 is 2.05 bits per heavy atom. The van der Waals surface area contributed by atoms with Crippen LogP contribution in [0.5, 0.6) is 5.75 Å². The maximum atomic E-state index is 12.9. The third-order valence-corrected chi connectivity index (χ3v) is 3.34. The fraction of sp³-hybridized carbons (Fsp3) is 0.538. The summed E-state index contributed by atoms with van der Waals surface area (Å²) < 4.78 is 44.0. The molecule has 0 saturated carbocycles. The number of ether oxygens (including phenoxy) is 1. The van der Waals surface area contributed by atoms with Crippen LogP contribution in [0.4, 0.5) is 13.2 Å². The van der Waals surface area contributed by atoms with E-state index in [9.17, 15) is 13.2 Å². The van der Waals surface area contributed by atoms with Crippen LogP contribution in [0.15, 0.2) is 18.2 Å². The van der Waals surface area contributed by atoms with E-state index in [-0.39, 0.29) is 12.4 Å². The van der Waals surface area contributed by atoms with Crippen LogP contribution >= 0.6 is 11.8 Å². The monoisotopic (exact) mass is 293 g/mol. The van der Waals surface area contributed by atoms with Crippen LogP contribution in [-0.4, -0.2) is 24.7 Å². The lowest BCUT2D eigenvalue weighted by Gasteiger charge is -2.15. The second-order valence-electron chi connectivity index (χ2n) is 3.91. The minimum atomic E-state index is -4.40. The molecule has 0 fully saturated rings. The zero-order chi connectivity index (χ0) is 14.3. The summed E-state index contributed by atoms with van der Waals surface area (Å²) in [4.78, 5) is 0. The van der Waals surface area contributed by atoms with Crippen LogP contribution in [0.1, 0.15) is 18.1 Å². The Hall–Kier alpha value is -0.880. The molecule has 0 saturated heterocycles. The van der Waals surface area contributed by atoms with Gasteiger partial charge in [0.15, 0.2) is 0 Å². The van der Waals surface area contributed by atoms with E-state index in [1.807, 2.05) is 6.92 Å². The topological polar surface area (TPSA) is 35.2 Å². The van der Waals surface area contributed by atoms with Crippen molar-refractivity contribution in [3.63, 3.8) is 0 Å². The maximum Gasteiger partial charge on any atom is 0.419 e. The summed E-state index contributed by atoms with van der Waals surface area (Å²) in [5.74, 6) is 1.49. The first kappa shape index (κ1) is 16.2. The van der Waals surface area contributed by atoms with E-state index in [1.165, 1.54) is 6.07 Å². The van der Waals surface area contributed by atoms with Crippen molar-refractivity contribution in [2.45, 2.75) is 19.5 Å². The van der Waals surface area contributed by atoms with Crippen LogP contribution in [0, 0.1) is 0 Å². The van der Waals surface area contributed by atoms with Gasteiger partial charge >= 0.3 is 6.18 Å². The van der Waals surface area contributed by atoms with Gasteiger partial charge < -0.3 is 10.5 Å². The van der Waals surface area contributed by atoms with Gasteiger partial charge in [0.2, 0.25) is 0 Å². The molecule has 1 aromatic carbocycles. The van der Waals surface area contributed by atoms with Gasteiger partial charge in [0, 0.05) is 5.75 Å². The van der Waals surface area contributed by atoms with Crippen LogP contribution in [0.2, 0.25) is 0 Å². The average molecular weight is 293 g/mol. The molecule has 0 aliphatic heterocycles. The lowest BCUT2D eigenvalue weighted by Crippen LogP contribution is -2.12. The summed E-state index contributed by atoms with van der Waals surface area (Å²) in [6.07, 6.45) is -3.98. The number of hydrogen-bond acceptors (Lipinski definition) is 3. The normalized spacial score (nSPS) is 11.6. The number of nitrogens with two attached hydrogens (primary N) is 1. The SMILES string of the molecule is CCSCCOc1ccc(CCN)cc1C(F)(F)F. The van der Waals surface area contributed by atoms with Crippen molar-refractivity contribution in [2.75, 3.05) is 24.7 Å². The van der Waals surface area contributed by atoms with Gasteiger partial charge in [-0.1, -0.05) is 13.0 Å². The Kier molecular flexibility index (Phi) is 6.51. The molecule has 108 valence electrons. The van der Waals surface area contributed by atoms with E-state index < -0.39 is 11.7 Å². The quantitative estimate of drug-likeness (QED) is 0.783. The fourth-order valence-corrected chi connectivity index (χ4v) is 2.09. The highest BCUT2D eigenvalue weighted by Crippen LogP contribution is 2.37. The highest BCUT2D eigenvalue weighted by Gasteiger charge is 2.34. The van der Waals surface area contributed by atoms with E-state index in [0.29, 0.717) is 24.3 Å². The molecular formula is C13H18F3NOS. The molecule has 0 amide bonds. The molecule has 0 atom stereocenters. The summed E-state index contributed by atoms with van der Waals surface area (Å²) >= 11 is 1.63. The largest absolute Gasteiger partial charge is 0.492 e. The summed E-state index contributed by atoms with van der Waals surface area (Å²) in [6.45, 7) is 2.59. The molecule has 0 radical (unpaired) electrons. The smallest absolute Gasteiger partial charge is 0.419 e. The lowest BCUT2D eigenvalue weighted by molar-refractivity contribution is -0.138. The first-order chi connectivity index (χ1) is 8.99. The minimum Gasteiger partial charge on any atom is -0.492 e. The van der Waals surface area contributed by atoms with Crippen molar-refractivity contribution in [1.82, 2.24) is 0 Å². The molecule has 0 aliphatic carbocycles. The molecule has 1 rings (SSSR count). The number of rotatable bonds is 7. The zero-order valence-corrected chi connectivity index (χ0v) is 11.6. The van der Waals surface area contributed by atoms with Gasteiger partial charge in [-0.15, -0.1) is 0 Å². The standard InChI is InChI=1S/C13H18F3NOS/c1-2-19-8-7-18-12-4-3-10(5-6-17)9-11(12)13(14,15)16/h3-4,9H,2,5-8,17H2,1H3. The van der Waals surface area contributed by atoms with Crippen LogP contribution in [0.3, 0.4) is 0 Å². The molecule has 1 aromatic rings. The Morgan fingerprint density at radius 1 is 1.32 bits per heavy atom. The number of benzene rings is 1. The predicted molar refractivity (Wildman–Crippen MR) is 72.7 cm³/mol. The predicted octanol–water partition coefficient (Wildman–Crippen LogP) is 3.34. The van der Waals surface area contributed by atoms with Gasteiger partial charge in [0.05, 0.1) is 12.2 Å². The summed E-state index contributed by atoms with van der Waals surface area (Å²) in [5.41, 5.74) is 5.21. The van der Waals surface area contributed by atoms with Crippen molar-refractivity contribution < 1.29 is 17.9 Å². The van der Waals surface area contributed by atoms with Crippen LogP contribution in [-0.2, 0) is 12.6 Å². The molecule has 0 aromatic heterocycles. The van der Waals surface area contributed by atoms with Crippen molar-refractivity contribution in [2.24, 2.45) is 5.73 Å². The zero-order valence-electron chi connectivity index (χ0n) is 10.8. The van der Waals surface area contributed by atoms with Gasteiger partial charge in [-0.05, 0) is 36.4 Å². The van der Waals surface area contributed by atoms with E-state index in [2.05, 4.69) is 0 Å². The Bertz CT molecular complexity index is 396. The van der Waals surface area contributed by atoms with Crippen molar-refractivity contribution in [1.29, 1.82) is 0 Å². The minimum absolute atomic E-state index is 0.107. The van der Waals surface area contributed by atoms with E-state index in [1.54, 1.807) is 17.8 Å². The van der Waals surface area contributed by atoms with Crippen molar-refractivity contribution >= 4 is 11.8 Å². The Labute approximate surface area is 115 Å². The molecule has 0 unspecified atom stereocenters. The number of hydrogen-bond donors (Lipinski definition) is 1. The molecule has 2 nitrogen and oxygen atoms in total. The van der Waals surface area contributed by atoms with Crippen LogP contribution < -0.4 is 10.5 Å². The van der Waals surface area contributed by atoms with Crippen molar-refractivity contribution in [3.8, 4) is 5.75 Å². The van der Waals surface area contributed by atoms with Gasteiger partial charge in [-0.3, -0.25) is 0 Å². The number of thioether (sulfide) groups is 1. The summed E-state index contributed by atoms with van der Waals surface area (Å²) in [5, 5.41) is 0. The molecule has 2 N–H and O–H groups in total. The van der Waals surface area contributed by atoms with Crippen molar-refractivity contribution in [3.05, 3.63) is 29.3 Å². The Balaban J connectivity index is 2.84. The lowest BCUT2D eigenvalue weighted by atomic mass is 10.1. The molecular weight excluding hydrogens is 275 g/mol. The first-order valence-corrected chi connectivity index (χ1v) is 7.25. The average Bonchev–Trinajstić information content (AvgIpc) is 2.35. The second kappa shape index (κ2) is 7.65. The molecule has 6 heteroatoms.